The van der Waals surface area contributed by atoms with Crippen LogP contribution >= 0.6 is 22.9 Å². The first-order chi connectivity index (χ1) is 16.2. The normalized spacial score (nSPS) is 12.2. The molecule has 0 aliphatic rings. The third kappa shape index (κ3) is 4.72. The zero-order chi connectivity index (χ0) is 24.5. The molecule has 0 saturated carbocycles. The Morgan fingerprint density at radius 2 is 1.88 bits per heavy atom. The minimum absolute atomic E-state index is 0.0666. The van der Waals surface area contributed by atoms with Gasteiger partial charge in [0.15, 0.2) is 4.80 Å². The summed E-state index contributed by atoms with van der Waals surface area (Å²) in [6.45, 7) is 4.58. The van der Waals surface area contributed by atoms with Crippen LogP contribution in [0.2, 0.25) is 5.02 Å². The largest absolute Gasteiger partial charge is 0.495 e. The van der Waals surface area contributed by atoms with Crippen molar-refractivity contribution in [2.24, 2.45) is 4.99 Å². The molecule has 7 nitrogen and oxygen atoms in total. The van der Waals surface area contributed by atoms with E-state index in [1.54, 1.807) is 25.3 Å². The van der Waals surface area contributed by atoms with Crippen molar-refractivity contribution in [3.05, 3.63) is 81.6 Å². The molecular weight excluding hydrogens is 494 g/mol. The minimum Gasteiger partial charge on any atom is -0.495 e. The molecule has 1 N–H and O–H groups in total. The van der Waals surface area contributed by atoms with Crippen molar-refractivity contribution in [1.29, 1.82) is 0 Å². The van der Waals surface area contributed by atoms with Crippen molar-refractivity contribution in [3.63, 3.8) is 0 Å². The molecule has 0 atom stereocenters. The van der Waals surface area contributed by atoms with E-state index in [1.807, 2.05) is 30.5 Å². The van der Waals surface area contributed by atoms with Crippen LogP contribution in [0.15, 0.2) is 70.6 Å². The summed E-state index contributed by atoms with van der Waals surface area (Å²) in [5.41, 5.74) is 2.48. The Hall–Kier alpha value is -3.14. The van der Waals surface area contributed by atoms with Crippen LogP contribution in [-0.2, 0) is 16.6 Å². The predicted octanol–water partition coefficient (Wildman–Crippen LogP) is 5.24. The number of methoxy groups -OCH3 is 1. The van der Waals surface area contributed by atoms with Crippen LogP contribution in [0.3, 0.4) is 0 Å². The highest BCUT2D eigenvalue weighted by Gasteiger charge is 2.16. The molecule has 4 aromatic rings. The fourth-order valence-electron chi connectivity index (χ4n) is 3.52. The zero-order valence-electron chi connectivity index (χ0n) is 18.7. The van der Waals surface area contributed by atoms with Crippen molar-refractivity contribution < 1.29 is 17.9 Å². The summed E-state index contributed by atoms with van der Waals surface area (Å²) in [6.07, 6.45) is 0. The highest BCUT2D eigenvalue weighted by molar-refractivity contribution is 7.92. The van der Waals surface area contributed by atoms with Crippen LogP contribution in [-0.4, -0.2) is 26.0 Å². The van der Waals surface area contributed by atoms with Gasteiger partial charge in [-0.2, -0.15) is 4.99 Å². The molecule has 1 aromatic heterocycles. The zero-order valence-corrected chi connectivity index (χ0v) is 21.1. The number of benzene rings is 3. The van der Waals surface area contributed by atoms with E-state index in [9.17, 15) is 13.2 Å². The molecule has 1 heterocycles. The summed E-state index contributed by atoms with van der Waals surface area (Å²) in [6, 6.07) is 15.9. The number of fused-ring (bicyclic) bond motifs is 1. The van der Waals surface area contributed by atoms with Crippen molar-refractivity contribution in [2.75, 3.05) is 11.8 Å². The van der Waals surface area contributed by atoms with Gasteiger partial charge in [-0.3, -0.25) is 9.52 Å². The van der Waals surface area contributed by atoms with E-state index in [0.29, 0.717) is 22.1 Å². The highest BCUT2D eigenvalue weighted by atomic mass is 35.5. The molecule has 3 aromatic carbocycles. The molecule has 0 bridgehead atoms. The van der Waals surface area contributed by atoms with Crippen molar-refractivity contribution in [3.8, 4) is 5.75 Å². The number of ether oxygens (including phenoxy) is 1. The van der Waals surface area contributed by atoms with Crippen molar-refractivity contribution in [2.45, 2.75) is 25.3 Å². The van der Waals surface area contributed by atoms with Gasteiger partial charge >= 0.3 is 0 Å². The van der Waals surface area contributed by atoms with Crippen LogP contribution in [0.5, 0.6) is 5.75 Å². The fraction of sp³-hybridized carbons (Fsp3) is 0.167. The number of anilines is 1. The maximum Gasteiger partial charge on any atom is 0.279 e. The Balaban J connectivity index is 1.70. The van der Waals surface area contributed by atoms with Gasteiger partial charge in [0.1, 0.15) is 11.3 Å². The molecule has 4 rings (SSSR count). The number of sulfonamides is 1. The van der Waals surface area contributed by atoms with E-state index < -0.39 is 15.9 Å². The quantitative estimate of drug-likeness (QED) is 0.380. The molecule has 0 unspecified atom stereocenters. The lowest BCUT2D eigenvalue weighted by Crippen LogP contribution is -2.16. The molecule has 34 heavy (non-hydrogen) atoms. The maximum atomic E-state index is 13.0. The summed E-state index contributed by atoms with van der Waals surface area (Å²) >= 11 is 7.26. The van der Waals surface area contributed by atoms with E-state index in [0.717, 1.165) is 15.8 Å². The molecule has 10 heteroatoms. The smallest absolute Gasteiger partial charge is 0.279 e. The highest BCUT2D eigenvalue weighted by Crippen LogP contribution is 2.30. The lowest BCUT2D eigenvalue weighted by atomic mass is 10.2. The fourth-order valence-corrected chi connectivity index (χ4v) is 5.87. The van der Waals surface area contributed by atoms with E-state index in [2.05, 4.69) is 9.71 Å². The number of rotatable bonds is 6. The number of halogens is 1. The predicted molar refractivity (Wildman–Crippen MR) is 135 cm³/mol. The number of nitrogens with one attached hydrogen (secondary N) is 1. The molecular formula is C24H22ClN3O4S2. The molecule has 0 saturated heterocycles. The van der Waals surface area contributed by atoms with E-state index in [4.69, 9.17) is 16.3 Å². The number of amides is 1. The standard InChI is InChI=1S/C24H22ClN3O4S2/c1-4-28-21-20(32-3)13-8-15(2)22(21)33-24(28)26-23(29)16-6-5-7-18(14-16)27-34(30,31)19-11-9-17(25)10-12-19/h5-14,27H,4H2,1-3H3. The Morgan fingerprint density at radius 3 is 2.56 bits per heavy atom. The topological polar surface area (TPSA) is 89.8 Å². The van der Waals surface area contributed by atoms with Crippen molar-refractivity contribution in [1.82, 2.24) is 4.57 Å². The lowest BCUT2D eigenvalue weighted by molar-refractivity contribution is 0.0998. The first-order valence-electron chi connectivity index (χ1n) is 10.4. The van der Waals surface area contributed by atoms with Crippen LogP contribution in [0, 0.1) is 6.92 Å². The summed E-state index contributed by atoms with van der Waals surface area (Å²) in [5.74, 6) is 0.240. The minimum atomic E-state index is -3.84. The number of carbonyl (C=O) groups is 1. The molecule has 0 spiro atoms. The van der Waals surface area contributed by atoms with Gasteiger partial charge < -0.3 is 9.30 Å². The van der Waals surface area contributed by atoms with Crippen LogP contribution in [0.25, 0.3) is 10.2 Å². The molecule has 1 amide bonds. The summed E-state index contributed by atoms with van der Waals surface area (Å²) in [5, 5.41) is 0.437. The first-order valence-corrected chi connectivity index (χ1v) is 13.1. The van der Waals surface area contributed by atoms with Gasteiger partial charge in [0.2, 0.25) is 0 Å². The molecule has 0 fully saturated rings. The van der Waals surface area contributed by atoms with Gasteiger partial charge in [-0.25, -0.2) is 8.42 Å². The van der Waals surface area contributed by atoms with Gasteiger partial charge in [0.05, 0.1) is 16.7 Å². The van der Waals surface area contributed by atoms with Gasteiger partial charge in [0.25, 0.3) is 15.9 Å². The SMILES string of the molecule is CCn1c(=NC(=O)c2cccc(NS(=O)(=O)c3ccc(Cl)cc3)c2)sc2c(C)ccc(OC)c21. The van der Waals surface area contributed by atoms with E-state index in [1.165, 1.54) is 41.7 Å². The lowest BCUT2D eigenvalue weighted by Gasteiger charge is -2.09. The van der Waals surface area contributed by atoms with Gasteiger partial charge in [-0.05, 0) is 67.9 Å². The van der Waals surface area contributed by atoms with Crippen LogP contribution < -0.4 is 14.3 Å². The second-order valence-electron chi connectivity index (χ2n) is 7.45. The van der Waals surface area contributed by atoms with Crippen molar-refractivity contribution >= 4 is 54.8 Å². The Morgan fingerprint density at radius 1 is 1.15 bits per heavy atom. The molecule has 176 valence electrons. The monoisotopic (exact) mass is 515 g/mol. The number of aromatic nitrogens is 1. The van der Waals surface area contributed by atoms with Crippen LogP contribution in [0.1, 0.15) is 22.8 Å². The number of thiazole rings is 1. The van der Waals surface area contributed by atoms with Gasteiger partial charge in [-0.1, -0.05) is 35.1 Å². The molecule has 0 radical (unpaired) electrons. The average molecular weight is 516 g/mol. The van der Waals surface area contributed by atoms with Crippen LogP contribution in [0.4, 0.5) is 5.69 Å². The Labute approximate surface area is 206 Å². The van der Waals surface area contributed by atoms with Gasteiger partial charge in [-0.15, -0.1) is 0 Å². The summed E-state index contributed by atoms with van der Waals surface area (Å²) < 4.78 is 36.3. The second kappa shape index (κ2) is 9.61. The first kappa shape index (κ1) is 24.0. The number of hydrogen-bond acceptors (Lipinski definition) is 5. The Bertz CT molecular complexity index is 1560. The number of nitrogens with zero attached hydrogens (tertiary/aromatic N) is 2. The number of aryl methyl sites for hydroxylation is 2. The maximum absolute atomic E-state index is 13.0. The molecule has 0 aliphatic heterocycles. The third-order valence-corrected chi connectivity index (χ3v) is 8.07. The van der Waals surface area contributed by atoms with E-state index in [-0.39, 0.29) is 16.1 Å². The average Bonchev–Trinajstić information content (AvgIpc) is 3.18. The summed E-state index contributed by atoms with van der Waals surface area (Å²) in [4.78, 5) is 18.0. The second-order valence-corrected chi connectivity index (χ2v) is 10.5. The third-order valence-electron chi connectivity index (χ3n) is 5.20. The number of carbonyl (C=O) groups excluding carboxylic acids is 1. The summed E-state index contributed by atoms with van der Waals surface area (Å²) in [7, 11) is -2.23. The molecule has 0 aliphatic carbocycles. The Kier molecular flexibility index (Phi) is 6.79. The van der Waals surface area contributed by atoms with E-state index >= 15 is 0 Å². The van der Waals surface area contributed by atoms with Gasteiger partial charge in [0, 0.05) is 22.8 Å². The number of hydrogen-bond donors (Lipinski definition) is 1.